The first-order valence-corrected chi connectivity index (χ1v) is 10.4. The number of fused-ring (bicyclic) bond motifs is 3. The topological polar surface area (TPSA) is 35.6 Å². The van der Waals surface area contributed by atoms with Gasteiger partial charge in [0, 0.05) is 31.9 Å². The lowest BCUT2D eigenvalue weighted by Crippen LogP contribution is -2.49. The molecule has 1 aliphatic carbocycles. The summed E-state index contributed by atoms with van der Waals surface area (Å²) in [6, 6.07) is 23.6. The summed E-state index contributed by atoms with van der Waals surface area (Å²) in [4.78, 5) is 17.1. The minimum Gasteiger partial charge on any atom is -0.325 e. The molecule has 1 fully saturated rings. The Labute approximate surface area is 175 Å². The monoisotopic (exact) mass is 401 g/mol. The molecule has 152 valence electrons. The van der Waals surface area contributed by atoms with Gasteiger partial charge in [-0.05, 0) is 40.5 Å². The van der Waals surface area contributed by atoms with Gasteiger partial charge in [0.2, 0.25) is 5.91 Å². The molecule has 4 nitrogen and oxygen atoms in total. The van der Waals surface area contributed by atoms with Crippen molar-refractivity contribution in [2.45, 2.75) is 6.04 Å². The first kappa shape index (κ1) is 19.0. The van der Waals surface area contributed by atoms with Crippen LogP contribution in [0.4, 0.5) is 10.1 Å². The van der Waals surface area contributed by atoms with Crippen LogP contribution in [-0.4, -0.2) is 48.4 Å². The smallest absolute Gasteiger partial charge is 0.238 e. The number of amides is 1. The molecular formula is C25H24FN3O. The van der Waals surface area contributed by atoms with E-state index in [1.165, 1.54) is 34.4 Å². The molecule has 0 spiro atoms. The Morgan fingerprint density at radius 1 is 0.867 bits per heavy atom. The number of piperazine rings is 1. The lowest BCUT2D eigenvalue weighted by Gasteiger charge is -2.38. The fraction of sp³-hybridized carbons (Fsp3) is 0.240. The Bertz CT molecular complexity index is 1030. The number of carbonyl (C=O) groups is 1. The van der Waals surface area contributed by atoms with E-state index >= 15 is 0 Å². The average molecular weight is 401 g/mol. The molecule has 3 aromatic carbocycles. The van der Waals surface area contributed by atoms with Gasteiger partial charge in [-0.25, -0.2) is 4.39 Å². The van der Waals surface area contributed by atoms with Crippen molar-refractivity contribution in [1.29, 1.82) is 0 Å². The highest BCUT2D eigenvalue weighted by Gasteiger charge is 2.34. The predicted molar refractivity (Wildman–Crippen MR) is 117 cm³/mol. The number of rotatable bonds is 4. The van der Waals surface area contributed by atoms with Crippen LogP contribution >= 0.6 is 0 Å². The zero-order valence-corrected chi connectivity index (χ0v) is 16.7. The zero-order valence-electron chi connectivity index (χ0n) is 16.7. The second kappa shape index (κ2) is 8.01. The molecule has 30 heavy (non-hydrogen) atoms. The molecule has 5 heteroatoms. The van der Waals surface area contributed by atoms with Gasteiger partial charge in [0.15, 0.2) is 0 Å². The van der Waals surface area contributed by atoms with Crippen LogP contribution < -0.4 is 5.32 Å². The lowest BCUT2D eigenvalue weighted by molar-refractivity contribution is -0.117. The number of nitrogens with zero attached hydrogens (tertiary/aromatic N) is 2. The van der Waals surface area contributed by atoms with E-state index < -0.39 is 0 Å². The Morgan fingerprint density at radius 3 is 2.13 bits per heavy atom. The summed E-state index contributed by atoms with van der Waals surface area (Å²) in [7, 11) is 0. The SMILES string of the molecule is O=C(CN1CCN(C2c3ccccc3-c3ccccc32)CC1)Nc1cccc(F)c1. The third kappa shape index (κ3) is 3.62. The number of hydrogen-bond acceptors (Lipinski definition) is 3. The number of benzene rings is 3. The van der Waals surface area contributed by atoms with Crippen LogP contribution in [0.25, 0.3) is 11.1 Å². The van der Waals surface area contributed by atoms with Crippen LogP contribution in [-0.2, 0) is 4.79 Å². The molecule has 1 aliphatic heterocycles. The van der Waals surface area contributed by atoms with E-state index in [0.717, 1.165) is 26.2 Å². The van der Waals surface area contributed by atoms with E-state index in [2.05, 4.69) is 63.6 Å². The standard InChI is InChI=1S/C25H24FN3O/c26-18-6-5-7-19(16-18)27-24(30)17-28-12-14-29(15-13-28)25-22-10-3-1-8-20(22)21-9-2-4-11-23(21)25/h1-11,16,25H,12-15,17H2,(H,27,30). The quantitative estimate of drug-likeness (QED) is 0.713. The molecule has 3 aromatic rings. The van der Waals surface area contributed by atoms with E-state index in [1.54, 1.807) is 12.1 Å². The van der Waals surface area contributed by atoms with Crippen molar-refractivity contribution in [3.63, 3.8) is 0 Å². The van der Waals surface area contributed by atoms with Crippen molar-refractivity contribution in [3.8, 4) is 11.1 Å². The van der Waals surface area contributed by atoms with Crippen LogP contribution in [0.1, 0.15) is 17.2 Å². The molecule has 0 radical (unpaired) electrons. The molecule has 0 bridgehead atoms. The number of halogens is 1. The van der Waals surface area contributed by atoms with E-state index in [-0.39, 0.29) is 17.8 Å². The van der Waals surface area contributed by atoms with Gasteiger partial charge in [-0.1, -0.05) is 54.6 Å². The lowest BCUT2D eigenvalue weighted by atomic mass is 10.0. The van der Waals surface area contributed by atoms with Crippen LogP contribution in [0.3, 0.4) is 0 Å². The molecule has 0 unspecified atom stereocenters. The maximum absolute atomic E-state index is 13.3. The Morgan fingerprint density at radius 2 is 1.50 bits per heavy atom. The largest absolute Gasteiger partial charge is 0.325 e. The van der Waals surface area contributed by atoms with Crippen molar-refractivity contribution in [3.05, 3.63) is 89.7 Å². The van der Waals surface area contributed by atoms with Gasteiger partial charge in [0.05, 0.1) is 12.6 Å². The highest BCUT2D eigenvalue weighted by Crippen LogP contribution is 2.46. The highest BCUT2D eigenvalue weighted by atomic mass is 19.1. The fourth-order valence-electron chi connectivity index (χ4n) is 4.67. The van der Waals surface area contributed by atoms with Crippen molar-refractivity contribution < 1.29 is 9.18 Å². The number of carbonyl (C=O) groups excluding carboxylic acids is 1. The van der Waals surface area contributed by atoms with Gasteiger partial charge in [-0.2, -0.15) is 0 Å². The minimum atomic E-state index is -0.349. The molecule has 2 aliphatic rings. The summed E-state index contributed by atoms with van der Waals surface area (Å²) in [5, 5.41) is 2.79. The van der Waals surface area contributed by atoms with Gasteiger partial charge in [-0.3, -0.25) is 14.6 Å². The Kier molecular flexibility index (Phi) is 5.07. The third-order valence-corrected chi connectivity index (χ3v) is 6.05. The fourth-order valence-corrected chi connectivity index (χ4v) is 4.67. The molecule has 1 N–H and O–H groups in total. The summed E-state index contributed by atoms with van der Waals surface area (Å²) in [5.41, 5.74) is 5.90. The van der Waals surface area contributed by atoms with Crippen molar-refractivity contribution in [2.24, 2.45) is 0 Å². The number of hydrogen-bond donors (Lipinski definition) is 1. The molecular weight excluding hydrogens is 377 g/mol. The number of anilines is 1. The maximum atomic E-state index is 13.3. The first-order valence-electron chi connectivity index (χ1n) is 10.4. The second-order valence-corrected chi connectivity index (χ2v) is 7.95. The van der Waals surface area contributed by atoms with Gasteiger partial charge in [0.1, 0.15) is 5.82 Å². The van der Waals surface area contributed by atoms with Crippen molar-refractivity contribution in [1.82, 2.24) is 9.80 Å². The van der Waals surface area contributed by atoms with Gasteiger partial charge < -0.3 is 5.32 Å². The summed E-state index contributed by atoms with van der Waals surface area (Å²) in [6.45, 7) is 3.79. The summed E-state index contributed by atoms with van der Waals surface area (Å²) in [5.74, 6) is -0.454. The van der Waals surface area contributed by atoms with E-state index in [4.69, 9.17) is 0 Å². The molecule has 5 rings (SSSR count). The highest BCUT2D eigenvalue weighted by molar-refractivity contribution is 5.92. The molecule has 1 heterocycles. The van der Waals surface area contributed by atoms with E-state index in [0.29, 0.717) is 12.2 Å². The third-order valence-electron chi connectivity index (χ3n) is 6.05. The molecule has 1 saturated heterocycles. The molecule has 0 saturated carbocycles. The maximum Gasteiger partial charge on any atom is 0.238 e. The predicted octanol–water partition coefficient (Wildman–Crippen LogP) is 4.15. The first-order chi connectivity index (χ1) is 14.7. The van der Waals surface area contributed by atoms with Crippen LogP contribution in [0, 0.1) is 5.82 Å². The van der Waals surface area contributed by atoms with Crippen LogP contribution in [0.2, 0.25) is 0 Å². The minimum absolute atomic E-state index is 0.106. The summed E-state index contributed by atoms with van der Waals surface area (Å²) < 4.78 is 13.3. The van der Waals surface area contributed by atoms with Crippen molar-refractivity contribution >= 4 is 11.6 Å². The Balaban J connectivity index is 1.24. The normalized spacial score (nSPS) is 16.8. The summed E-state index contributed by atoms with van der Waals surface area (Å²) >= 11 is 0. The van der Waals surface area contributed by atoms with Gasteiger partial charge in [0.25, 0.3) is 0 Å². The zero-order chi connectivity index (χ0) is 20.5. The van der Waals surface area contributed by atoms with Crippen molar-refractivity contribution in [2.75, 3.05) is 38.0 Å². The van der Waals surface area contributed by atoms with Crippen LogP contribution in [0.15, 0.2) is 72.8 Å². The Hall–Kier alpha value is -3.02. The second-order valence-electron chi connectivity index (χ2n) is 7.95. The summed E-state index contributed by atoms with van der Waals surface area (Å²) in [6.07, 6.45) is 0. The van der Waals surface area contributed by atoms with Crippen LogP contribution in [0.5, 0.6) is 0 Å². The van der Waals surface area contributed by atoms with Gasteiger partial charge >= 0.3 is 0 Å². The van der Waals surface area contributed by atoms with E-state index in [1.807, 2.05) is 0 Å². The number of nitrogens with one attached hydrogen (secondary N) is 1. The molecule has 1 amide bonds. The average Bonchev–Trinajstić information content (AvgIpc) is 3.09. The molecule has 0 aromatic heterocycles. The molecule has 0 atom stereocenters. The van der Waals surface area contributed by atoms with E-state index in [9.17, 15) is 9.18 Å². The van der Waals surface area contributed by atoms with Gasteiger partial charge in [-0.15, -0.1) is 0 Å².